The second-order valence-corrected chi connectivity index (χ2v) is 5.30. The molecule has 0 radical (unpaired) electrons. The standard InChI is InChI=1S/C18H22N2O.ClH/c1-14(7-8-15-5-3-2-4-6-15)20-18(21)17-11-9-16(13-19)10-12-17;/h2-6,9-12,14H,7-8,13,19H2,1H3,(H,20,21);1H. The maximum Gasteiger partial charge on any atom is 0.251 e. The molecule has 1 unspecified atom stereocenters. The van der Waals surface area contributed by atoms with Gasteiger partial charge in [0.2, 0.25) is 0 Å². The van der Waals surface area contributed by atoms with E-state index in [2.05, 4.69) is 17.4 Å². The number of carbonyl (C=O) groups excluding carboxylic acids is 1. The molecule has 0 spiro atoms. The minimum atomic E-state index is -0.0286. The highest BCUT2D eigenvalue weighted by molar-refractivity contribution is 5.94. The molecular weight excluding hydrogens is 296 g/mol. The van der Waals surface area contributed by atoms with Crippen LogP contribution in [0.3, 0.4) is 0 Å². The fraction of sp³-hybridized carbons (Fsp3) is 0.278. The van der Waals surface area contributed by atoms with Gasteiger partial charge in [-0.05, 0) is 43.0 Å². The molecule has 2 rings (SSSR count). The molecule has 0 fully saturated rings. The summed E-state index contributed by atoms with van der Waals surface area (Å²) in [5.41, 5.74) is 8.56. The Hall–Kier alpha value is -1.84. The van der Waals surface area contributed by atoms with Crippen LogP contribution >= 0.6 is 12.4 Å². The average molecular weight is 319 g/mol. The van der Waals surface area contributed by atoms with Gasteiger partial charge in [-0.2, -0.15) is 0 Å². The second kappa shape index (κ2) is 9.23. The Labute approximate surface area is 138 Å². The Morgan fingerprint density at radius 2 is 1.68 bits per heavy atom. The van der Waals surface area contributed by atoms with E-state index in [1.54, 1.807) is 0 Å². The Kier molecular flexibility index (Phi) is 7.64. The van der Waals surface area contributed by atoms with Crippen molar-refractivity contribution in [3.05, 3.63) is 71.3 Å². The molecule has 0 bridgehead atoms. The Balaban J connectivity index is 0.00000242. The monoisotopic (exact) mass is 318 g/mol. The number of benzene rings is 2. The van der Waals surface area contributed by atoms with E-state index in [-0.39, 0.29) is 24.4 Å². The van der Waals surface area contributed by atoms with E-state index in [9.17, 15) is 4.79 Å². The minimum absolute atomic E-state index is 0. The molecule has 2 aromatic carbocycles. The van der Waals surface area contributed by atoms with Gasteiger partial charge in [0, 0.05) is 18.2 Å². The van der Waals surface area contributed by atoms with Crippen LogP contribution in [0.2, 0.25) is 0 Å². The zero-order chi connectivity index (χ0) is 15.1. The molecule has 118 valence electrons. The van der Waals surface area contributed by atoms with E-state index in [0.29, 0.717) is 12.1 Å². The van der Waals surface area contributed by atoms with Crippen LogP contribution in [-0.4, -0.2) is 11.9 Å². The van der Waals surface area contributed by atoms with Gasteiger partial charge in [-0.15, -0.1) is 12.4 Å². The number of amides is 1. The second-order valence-electron chi connectivity index (χ2n) is 5.30. The van der Waals surface area contributed by atoms with E-state index in [4.69, 9.17) is 5.73 Å². The van der Waals surface area contributed by atoms with E-state index in [1.165, 1.54) is 5.56 Å². The molecule has 22 heavy (non-hydrogen) atoms. The third kappa shape index (κ3) is 5.51. The Bertz CT molecular complexity index is 569. The maximum absolute atomic E-state index is 12.1. The van der Waals surface area contributed by atoms with Gasteiger partial charge in [0.15, 0.2) is 0 Å². The summed E-state index contributed by atoms with van der Waals surface area (Å²) in [5.74, 6) is -0.0286. The van der Waals surface area contributed by atoms with Crippen molar-refractivity contribution in [3.63, 3.8) is 0 Å². The van der Waals surface area contributed by atoms with Crippen molar-refractivity contribution in [1.29, 1.82) is 0 Å². The lowest BCUT2D eigenvalue weighted by molar-refractivity contribution is 0.0938. The number of nitrogens with two attached hydrogens (primary N) is 1. The fourth-order valence-electron chi connectivity index (χ4n) is 2.20. The van der Waals surface area contributed by atoms with Crippen molar-refractivity contribution in [2.75, 3.05) is 0 Å². The number of carbonyl (C=O) groups is 1. The first-order valence-electron chi connectivity index (χ1n) is 7.33. The summed E-state index contributed by atoms with van der Waals surface area (Å²) in [6, 6.07) is 17.9. The van der Waals surface area contributed by atoms with Crippen LogP contribution in [0.4, 0.5) is 0 Å². The maximum atomic E-state index is 12.1. The van der Waals surface area contributed by atoms with Gasteiger partial charge in [-0.1, -0.05) is 42.5 Å². The third-order valence-electron chi connectivity index (χ3n) is 3.54. The highest BCUT2D eigenvalue weighted by Crippen LogP contribution is 2.07. The van der Waals surface area contributed by atoms with E-state index >= 15 is 0 Å². The first kappa shape index (κ1) is 18.2. The molecule has 2 aromatic rings. The van der Waals surface area contributed by atoms with Crippen molar-refractivity contribution in [2.24, 2.45) is 5.73 Å². The van der Waals surface area contributed by atoms with Gasteiger partial charge >= 0.3 is 0 Å². The van der Waals surface area contributed by atoms with Gasteiger partial charge in [-0.25, -0.2) is 0 Å². The van der Waals surface area contributed by atoms with E-state index in [0.717, 1.165) is 18.4 Å². The highest BCUT2D eigenvalue weighted by atomic mass is 35.5. The molecule has 0 aromatic heterocycles. The largest absolute Gasteiger partial charge is 0.350 e. The van der Waals surface area contributed by atoms with Crippen LogP contribution in [0.15, 0.2) is 54.6 Å². The lowest BCUT2D eigenvalue weighted by Gasteiger charge is -2.14. The molecular formula is C18H23ClN2O. The molecule has 1 atom stereocenters. The van der Waals surface area contributed by atoms with Crippen molar-refractivity contribution < 1.29 is 4.79 Å². The first-order chi connectivity index (χ1) is 10.2. The van der Waals surface area contributed by atoms with Gasteiger partial charge in [0.05, 0.1) is 0 Å². The topological polar surface area (TPSA) is 55.1 Å². The molecule has 0 aliphatic heterocycles. The number of nitrogens with one attached hydrogen (secondary N) is 1. The first-order valence-corrected chi connectivity index (χ1v) is 7.33. The van der Waals surface area contributed by atoms with Crippen molar-refractivity contribution >= 4 is 18.3 Å². The highest BCUT2D eigenvalue weighted by Gasteiger charge is 2.09. The number of hydrogen-bond acceptors (Lipinski definition) is 2. The number of rotatable bonds is 6. The third-order valence-corrected chi connectivity index (χ3v) is 3.54. The predicted molar refractivity (Wildman–Crippen MR) is 93.3 cm³/mol. The van der Waals surface area contributed by atoms with Crippen LogP contribution in [0.1, 0.15) is 34.8 Å². The summed E-state index contributed by atoms with van der Waals surface area (Å²) < 4.78 is 0. The molecule has 0 aliphatic carbocycles. The van der Waals surface area contributed by atoms with Crippen LogP contribution < -0.4 is 11.1 Å². The van der Waals surface area contributed by atoms with Crippen molar-refractivity contribution in [1.82, 2.24) is 5.32 Å². The zero-order valence-electron chi connectivity index (χ0n) is 12.8. The molecule has 1 amide bonds. The van der Waals surface area contributed by atoms with E-state index < -0.39 is 0 Å². The van der Waals surface area contributed by atoms with Crippen molar-refractivity contribution in [2.45, 2.75) is 32.4 Å². The number of halogens is 1. The van der Waals surface area contributed by atoms with Gasteiger partial charge in [0.1, 0.15) is 0 Å². The average Bonchev–Trinajstić information content (AvgIpc) is 2.54. The molecule has 0 aliphatic rings. The molecule has 3 nitrogen and oxygen atoms in total. The Morgan fingerprint density at radius 1 is 1.05 bits per heavy atom. The lowest BCUT2D eigenvalue weighted by atomic mass is 10.1. The van der Waals surface area contributed by atoms with Crippen molar-refractivity contribution in [3.8, 4) is 0 Å². The minimum Gasteiger partial charge on any atom is -0.350 e. The van der Waals surface area contributed by atoms with Crippen LogP contribution in [0.25, 0.3) is 0 Å². The van der Waals surface area contributed by atoms with Gasteiger partial charge in [-0.3, -0.25) is 4.79 Å². The van der Waals surface area contributed by atoms with Gasteiger partial charge in [0.25, 0.3) is 5.91 Å². The van der Waals surface area contributed by atoms with Crippen LogP contribution in [0.5, 0.6) is 0 Å². The van der Waals surface area contributed by atoms with Gasteiger partial charge < -0.3 is 11.1 Å². The van der Waals surface area contributed by atoms with E-state index in [1.807, 2.05) is 49.4 Å². The van der Waals surface area contributed by atoms with Crippen LogP contribution in [-0.2, 0) is 13.0 Å². The predicted octanol–water partition coefficient (Wildman–Crippen LogP) is 3.32. The SMILES string of the molecule is CC(CCc1ccccc1)NC(=O)c1ccc(CN)cc1.Cl. The molecule has 0 heterocycles. The summed E-state index contributed by atoms with van der Waals surface area (Å²) in [7, 11) is 0. The summed E-state index contributed by atoms with van der Waals surface area (Å²) in [4.78, 5) is 12.1. The summed E-state index contributed by atoms with van der Waals surface area (Å²) in [6.45, 7) is 2.53. The summed E-state index contributed by atoms with van der Waals surface area (Å²) in [5, 5.41) is 3.03. The molecule has 3 N–H and O–H groups in total. The number of hydrogen-bond donors (Lipinski definition) is 2. The smallest absolute Gasteiger partial charge is 0.251 e. The lowest BCUT2D eigenvalue weighted by Crippen LogP contribution is -2.32. The molecule has 4 heteroatoms. The van der Waals surface area contributed by atoms with Crippen LogP contribution in [0, 0.1) is 0 Å². The summed E-state index contributed by atoms with van der Waals surface area (Å²) in [6.07, 6.45) is 1.89. The molecule has 0 saturated carbocycles. The quantitative estimate of drug-likeness (QED) is 0.858. The Morgan fingerprint density at radius 3 is 2.27 bits per heavy atom. The number of aryl methyl sites for hydroxylation is 1. The fourth-order valence-corrected chi connectivity index (χ4v) is 2.20. The molecule has 0 saturated heterocycles. The zero-order valence-corrected chi connectivity index (χ0v) is 13.6. The summed E-state index contributed by atoms with van der Waals surface area (Å²) >= 11 is 0. The normalized spacial score (nSPS) is 11.4.